The van der Waals surface area contributed by atoms with Gasteiger partial charge in [0.25, 0.3) is 5.91 Å². The normalized spacial score (nSPS) is 23.2. The Morgan fingerprint density at radius 2 is 2.29 bits per heavy atom. The van der Waals surface area contributed by atoms with Crippen molar-refractivity contribution in [2.75, 3.05) is 13.6 Å². The fourth-order valence-electron chi connectivity index (χ4n) is 2.42. The van der Waals surface area contributed by atoms with Crippen molar-refractivity contribution < 1.29 is 9.21 Å². The molecule has 0 spiro atoms. The van der Waals surface area contributed by atoms with Crippen molar-refractivity contribution in [1.82, 2.24) is 4.90 Å². The fourth-order valence-corrected chi connectivity index (χ4v) is 2.42. The Hall–Kier alpha value is -1.29. The summed E-state index contributed by atoms with van der Waals surface area (Å²) in [6.45, 7) is 2.78. The maximum atomic E-state index is 12.2. The van der Waals surface area contributed by atoms with Crippen LogP contribution in [0.1, 0.15) is 35.9 Å². The highest BCUT2D eigenvalue weighted by atomic mass is 16.3. The Bertz CT molecular complexity index is 394. The van der Waals surface area contributed by atoms with E-state index in [0.717, 1.165) is 31.6 Å². The average molecular weight is 236 g/mol. The molecule has 1 aromatic heterocycles. The minimum Gasteiger partial charge on any atom is -0.469 e. The van der Waals surface area contributed by atoms with Crippen molar-refractivity contribution in [2.24, 2.45) is 11.7 Å². The lowest BCUT2D eigenvalue weighted by Gasteiger charge is -2.35. The van der Waals surface area contributed by atoms with E-state index in [4.69, 9.17) is 10.2 Å². The SMILES string of the molecule is CCc1occc1C(=O)N(C)CC1CC(N)C1. The number of aryl methyl sites for hydroxylation is 1. The number of hydrogen-bond donors (Lipinski definition) is 1. The summed E-state index contributed by atoms with van der Waals surface area (Å²) in [5, 5.41) is 0. The molecular formula is C13H20N2O2. The first-order chi connectivity index (χ1) is 8.11. The smallest absolute Gasteiger partial charge is 0.257 e. The van der Waals surface area contributed by atoms with Crippen LogP contribution in [0.2, 0.25) is 0 Å². The molecular weight excluding hydrogens is 216 g/mol. The highest BCUT2D eigenvalue weighted by Gasteiger charge is 2.28. The van der Waals surface area contributed by atoms with E-state index in [9.17, 15) is 4.79 Å². The molecule has 0 saturated heterocycles. The minimum absolute atomic E-state index is 0.0519. The molecule has 4 nitrogen and oxygen atoms in total. The Balaban J connectivity index is 1.95. The Morgan fingerprint density at radius 3 is 2.88 bits per heavy atom. The number of carbonyl (C=O) groups excluding carboxylic acids is 1. The van der Waals surface area contributed by atoms with Crippen LogP contribution < -0.4 is 5.73 Å². The average Bonchev–Trinajstić information content (AvgIpc) is 2.73. The molecule has 0 radical (unpaired) electrons. The number of rotatable bonds is 4. The second-order valence-corrected chi connectivity index (χ2v) is 4.89. The monoisotopic (exact) mass is 236 g/mol. The molecule has 1 saturated carbocycles. The van der Waals surface area contributed by atoms with Crippen molar-refractivity contribution in [3.8, 4) is 0 Å². The number of amides is 1. The third kappa shape index (κ3) is 2.52. The lowest BCUT2D eigenvalue weighted by Crippen LogP contribution is -2.43. The maximum absolute atomic E-state index is 12.2. The predicted octanol–water partition coefficient (Wildman–Crippen LogP) is 1.65. The van der Waals surface area contributed by atoms with E-state index in [0.29, 0.717) is 17.5 Å². The molecule has 0 bridgehead atoms. The van der Waals surface area contributed by atoms with E-state index in [-0.39, 0.29) is 5.91 Å². The van der Waals surface area contributed by atoms with Crippen molar-refractivity contribution in [2.45, 2.75) is 32.2 Å². The number of hydrogen-bond acceptors (Lipinski definition) is 3. The van der Waals surface area contributed by atoms with Crippen LogP contribution in [0.4, 0.5) is 0 Å². The molecule has 94 valence electrons. The fraction of sp³-hybridized carbons (Fsp3) is 0.615. The molecule has 1 aliphatic carbocycles. The van der Waals surface area contributed by atoms with Gasteiger partial charge in [-0.2, -0.15) is 0 Å². The molecule has 1 aliphatic rings. The summed E-state index contributed by atoms with van der Waals surface area (Å²) < 4.78 is 5.28. The molecule has 4 heteroatoms. The first kappa shape index (κ1) is 12.2. The van der Waals surface area contributed by atoms with E-state index in [1.165, 1.54) is 0 Å². The summed E-state index contributed by atoms with van der Waals surface area (Å²) >= 11 is 0. The van der Waals surface area contributed by atoms with Crippen LogP contribution in [0.5, 0.6) is 0 Å². The van der Waals surface area contributed by atoms with E-state index in [2.05, 4.69) is 0 Å². The summed E-state index contributed by atoms with van der Waals surface area (Å²) in [6, 6.07) is 2.09. The molecule has 1 amide bonds. The van der Waals surface area contributed by atoms with Crippen LogP contribution in [0, 0.1) is 5.92 Å². The van der Waals surface area contributed by atoms with Gasteiger partial charge in [-0.15, -0.1) is 0 Å². The van der Waals surface area contributed by atoms with Gasteiger partial charge in [0.2, 0.25) is 0 Å². The van der Waals surface area contributed by atoms with Crippen LogP contribution in [0.25, 0.3) is 0 Å². The zero-order valence-electron chi connectivity index (χ0n) is 10.5. The maximum Gasteiger partial charge on any atom is 0.257 e. The first-order valence-electron chi connectivity index (χ1n) is 6.19. The quantitative estimate of drug-likeness (QED) is 0.864. The molecule has 1 aromatic rings. The molecule has 17 heavy (non-hydrogen) atoms. The summed E-state index contributed by atoms with van der Waals surface area (Å²) in [6.07, 6.45) is 4.39. The Kier molecular flexibility index (Phi) is 3.52. The molecule has 2 N–H and O–H groups in total. The zero-order chi connectivity index (χ0) is 12.4. The van der Waals surface area contributed by atoms with Gasteiger partial charge in [-0.3, -0.25) is 4.79 Å². The van der Waals surface area contributed by atoms with Gasteiger partial charge in [0.05, 0.1) is 11.8 Å². The molecule has 0 unspecified atom stereocenters. The van der Waals surface area contributed by atoms with Crippen LogP contribution in [-0.2, 0) is 6.42 Å². The van der Waals surface area contributed by atoms with E-state index < -0.39 is 0 Å². The molecule has 1 fully saturated rings. The van der Waals surface area contributed by atoms with Crippen LogP contribution >= 0.6 is 0 Å². The lowest BCUT2D eigenvalue weighted by molar-refractivity contribution is 0.0732. The van der Waals surface area contributed by atoms with Gasteiger partial charge in [-0.1, -0.05) is 6.92 Å². The number of carbonyl (C=O) groups is 1. The van der Waals surface area contributed by atoms with Gasteiger partial charge in [-0.05, 0) is 24.8 Å². The minimum atomic E-state index is 0.0519. The Labute approximate surface area is 102 Å². The standard InChI is InChI=1S/C13H20N2O2/c1-3-12-11(4-5-17-12)13(16)15(2)8-9-6-10(14)7-9/h4-5,9-10H,3,6-8,14H2,1-2H3. The van der Waals surface area contributed by atoms with Crippen LogP contribution in [0.15, 0.2) is 16.7 Å². The largest absolute Gasteiger partial charge is 0.469 e. The van der Waals surface area contributed by atoms with Gasteiger partial charge in [0.15, 0.2) is 0 Å². The van der Waals surface area contributed by atoms with Crippen LogP contribution in [-0.4, -0.2) is 30.4 Å². The van der Waals surface area contributed by atoms with E-state index >= 15 is 0 Å². The second-order valence-electron chi connectivity index (χ2n) is 4.89. The Morgan fingerprint density at radius 1 is 1.59 bits per heavy atom. The number of nitrogens with two attached hydrogens (primary N) is 1. The molecule has 0 aromatic carbocycles. The number of furan rings is 1. The van der Waals surface area contributed by atoms with E-state index in [1.54, 1.807) is 17.2 Å². The summed E-state index contributed by atoms with van der Waals surface area (Å²) in [4.78, 5) is 14.0. The zero-order valence-corrected chi connectivity index (χ0v) is 10.5. The second kappa shape index (κ2) is 4.92. The van der Waals surface area contributed by atoms with Crippen LogP contribution in [0.3, 0.4) is 0 Å². The summed E-state index contributed by atoms with van der Waals surface area (Å²) in [5.74, 6) is 1.39. The molecule has 1 heterocycles. The molecule has 0 aliphatic heterocycles. The van der Waals surface area contributed by atoms with Crippen molar-refractivity contribution >= 4 is 5.91 Å². The first-order valence-corrected chi connectivity index (χ1v) is 6.19. The topological polar surface area (TPSA) is 59.5 Å². The van der Waals surface area contributed by atoms with Crippen molar-refractivity contribution in [1.29, 1.82) is 0 Å². The van der Waals surface area contributed by atoms with E-state index in [1.807, 2.05) is 14.0 Å². The van der Waals surface area contributed by atoms with Crippen molar-refractivity contribution in [3.63, 3.8) is 0 Å². The van der Waals surface area contributed by atoms with Gasteiger partial charge in [-0.25, -0.2) is 0 Å². The predicted molar refractivity (Wildman–Crippen MR) is 65.7 cm³/mol. The highest BCUT2D eigenvalue weighted by molar-refractivity contribution is 5.95. The highest BCUT2D eigenvalue weighted by Crippen LogP contribution is 2.26. The summed E-state index contributed by atoms with van der Waals surface area (Å²) in [5.41, 5.74) is 6.44. The molecule has 2 rings (SSSR count). The number of nitrogens with zero attached hydrogens (tertiary/aromatic N) is 1. The molecule has 0 atom stereocenters. The van der Waals surface area contributed by atoms with Gasteiger partial charge in [0, 0.05) is 26.1 Å². The van der Waals surface area contributed by atoms with Gasteiger partial charge >= 0.3 is 0 Å². The third-order valence-corrected chi connectivity index (χ3v) is 3.45. The van der Waals surface area contributed by atoms with Gasteiger partial charge < -0.3 is 15.1 Å². The third-order valence-electron chi connectivity index (χ3n) is 3.45. The summed E-state index contributed by atoms with van der Waals surface area (Å²) in [7, 11) is 1.85. The van der Waals surface area contributed by atoms with Crippen molar-refractivity contribution in [3.05, 3.63) is 23.7 Å². The van der Waals surface area contributed by atoms with Gasteiger partial charge in [0.1, 0.15) is 5.76 Å². The lowest BCUT2D eigenvalue weighted by atomic mass is 9.80.